The molecule has 0 aromatic heterocycles. The smallest absolute Gasteiger partial charge is 0.00141 e. The third kappa shape index (κ3) is 6.22. The predicted molar refractivity (Wildman–Crippen MR) is 283 cm³/mol. The number of benzene rings is 13. The van der Waals surface area contributed by atoms with Crippen molar-refractivity contribution in [3.63, 3.8) is 0 Å². The Hall–Kier alpha value is -8.58. The van der Waals surface area contributed by atoms with Crippen molar-refractivity contribution in [2.45, 2.75) is 0 Å². The van der Waals surface area contributed by atoms with E-state index >= 15 is 0 Å². The summed E-state index contributed by atoms with van der Waals surface area (Å²) in [5.74, 6) is 0. The molecule has 66 heavy (non-hydrogen) atoms. The molecule has 0 unspecified atom stereocenters. The van der Waals surface area contributed by atoms with E-state index < -0.39 is 0 Å². The van der Waals surface area contributed by atoms with Crippen molar-refractivity contribution in [1.29, 1.82) is 0 Å². The highest BCUT2D eigenvalue weighted by Crippen LogP contribution is 2.50. The lowest BCUT2D eigenvalue weighted by Crippen LogP contribution is -1.95. The summed E-state index contributed by atoms with van der Waals surface area (Å²) in [5, 5.41) is 12.6. The molecule has 0 atom stereocenters. The van der Waals surface area contributed by atoms with Gasteiger partial charge in [0.2, 0.25) is 0 Å². The molecule has 0 saturated heterocycles. The van der Waals surface area contributed by atoms with Crippen LogP contribution in [0.4, 0.5) is 0 Å². The van der Waals surface area contributed by atoms with Gasteiger partial charge in [0, 0.05) is 0 Å². The minimum atomic E-state index is 1.20. The van der Waals surface area contributed by atoms with Crippen LogP contribution in [0.1, 0.15) is 0 Å². The molecule has 0 aliphatic carbocycles. The molecule has 0 aliphatic heterocycles. The fraction of sp³-hybridized carbons (Fsp3) is 0. The lowest BCUT2D eigenvalue weighted by molar-refractivity contribution is 1.57. The number of rotatable bonds is 7. The molecule has 0 heterocycles. The molecule has 306 valence electrons. The van der Waals surface area contributed by atoms with Gasteiger partial charge in [0.15, 0.2) is 0 Å². The summed E-state index contributed by atoms with van der Waals surface area (Å²) < 4.78 is 0. The van der Waals surface area contributed by atoms with Crippen LogP contribution >= 0.6 is 0 Å². The zero-order valence-electron chi connectivity index (χ0n) is 36.2. The van der Waals surface area contributed by atoms with Gasteiger partial charge in [-0.05, 0) is 156 Å². The van der Waals surface area contributed by atoms with Crippen LogP contribution in [0.15, 0.2) is 255 Å². The normalized spacial score (nSPS) is 11.6. The van der Waals surface area contributed by atoms with Crippen LogP contribution in [0.2, 0.25) is 0 Å². The fourth-order valence-electron chi connectivity index (χ4n) is 10.7. The van der Waals surface area contributed by atoms with E-state index in [0.717, 1.165) is 0 Å². The van der Waals surface area contributed by atoms with Gasteiger partial charge in [-0.1, -0.05) is 231 Å². The first kappa shape index (κ1) is 37.9. The Labute approximate surface area is 384 Å². The van der Waals surface area contributed by atoms with Crippen LogP contribution in [0.25, 0.3) is 132 Å². The monoisotopic (exact) mass is 834 g/mol. The molecule has 0 N–H and O–H groups in total. The summed E-state index contributed by atoms with van der Waals surface area (Å²) >= 11 is 0. The molecule has 0 radical (unpaired) electrons. The van der Waals surface area contributed by atoms with Crippen LogP contribution in [-0.2, 0) is 0 Å². The van der Waals surface area contributed by atoms with Gasteiger partial charge in [0.05, 0.1) is 0 Å². The zero-order valence-corrected chi connectivity index (χ0v) is 36.2. The second-order valence-corrected chi connectivity index (χ2v) is 17.5. The molecule has 0 aliphatic rings. The van der Waals surface area contributed by atoms with E-state index in [0.29, 0.717) is 0 Å². The van der Waals surface area contributed by atoms with Gasteiger partial charge < -0.3 is 0 Å². The maximum Gasteiger partial charge on any atom is -0.00141 e. The Balaban J connectivity index is 1.17. The first-order valence-electron chi connectivity index (χ1n) is 22.9. The van der Waals surface area contributed by atoms with Gasteiger partial charge in [-0.15, -0.1) is 0 Å². The Morgan fingerprint density at radius 2 is 0.561 bits per heavy atom. The SMILES string of the molecule is c1ccc(-c2ccc(-c3ccccc3)c(-c3ccc4ccc5c(-c6cc(-c7ccccc7)ccc6-c6ccccc6)cc(-c6cc7ccccc7c7ccccc67)c6ccc3c4c56)c2)cc1. The molecule has 0 heteroatoms. The minimum absolute atomic E-state index is 1.20. The summed E-state index contributed by atoms with van der Waals surface area (Å²) in [7, 11) is 0. The lowest BCUT2D eigenvalue weighted by atomic mass is 9.81. The Kier molecular flexibility index (Phi) is 8.96. The maximum absolute atomic E-state index is 2.51. The summed E-state index contributed by atoms with van der Waals surface area (Å²) in [6, 6.07) is 94.4. The van der Waals surface area contributed by atoms with Gasteiger partial charge in [0.1, 0.15) is 0 Å². The van der Waals surface area contributed by atoms with Crippen molar-refractivity contribution in [1.82, 2.24) is 0 Å². The van der Waals surface area contributed by atoms with E-state index in [1.54, 1.807) is 0 Å². The second-order valence-electron chi connectivity index (χ2n) is 17.5. The molecule has 0 fully saturated rings. The molecule has 13 rings (SSSR count). The average Bonchev–Trinajstić information content (AvgIpc) is 3.40. The van der Waals surface area contributed by atoms with Crippen molar-refractivity contribution >= 4 is 53.9 Å². The summed E-state index contributed by atoms with van der Waals surface area (Å²) in [4.78, 5) is 0. The van der Waals surface area contributed by atoms with E-state index in [9.17, 15) is 0 Å². The van der Waals surface area contributed by atoms with Crippen LogP contribution < -0.4 is 0 Å². The van der Waals surface area contributed by atoms with E-state index in [1.165, 1.54) is 132 Å². The van der Waals surface area contributed by atoms with Gasteiger partial charge in [-0.2, -0.15) is 0 Å². The van der Waals surface area contributed by atoms with Crippen LogP contribution in [-0.4, -0.2) is 0 Å². The summed E-state index contributed by atoms with van der Waals surface area (Å²) in [5.41, 5.74) is 17.0. The summed E-state index contributed by atoms with van der Waals surface area (Å²) in [6.07, 6.45) is 0. The minimum Gasteiger partial charge on any atom is -0.0622 e. The molecule has 13 aromatic carbocycles. The molecule has 13 aromatic rings. The van der Waals surface area contributed by atoms with E-state index in [2.05, 4.69) is 255 Å². The van der Waals surface area contributed by atoms with Crippen LogP contribution in [0.5, 0.6) is 0 Å². The zero-order chi connectivity index (χ0) is 43.6. The van der Waals surface area contributed by atoms with Gasteiger partial charge in [0.25, 0.3) is 0 Å². The molecule has 0 saturated carbocycles. The molecule has 0 amide bonds. The highest BCUT2D eigenvalue weighted by Gasteiger charge is 2.23. The van der Waals surface area contributed by atoms with Crippen molar-refractivity contribution < 1.29 is 0 Å². The van der Waals surface area contributed by atoms with Crippen molar-refractivity contribution in [3.05, 3.63) is 255 Å². The first-order valence-corrected chi connectivity index (χ1v) is 22.9. The largest absolute Gasteiger partial charge is 0.0622 e. The molecular weight excluding hydrogens is 793 g/mol. The first-order chi connectivity index (χ1) is 32.7. The second kappa shape index (κ2) is 15.6. The third-order valence-corrected chi connectivity index (χ3v) is 13.8. The average molecular weight is 835 g/mol. The number of hydrogen-bond donors (Lipinski definition) is 0. The lowest BCUT2D eigenvalue weighted by Gasteiger charge is -2.22. The maximum atomic E-state index is 2.51. The topological polar surface area (TPSA) is 0 Å². The summed E-state index contributed by atoms with van der Waals surface area (Å²) in [6.45, 7) is 0. The molecular formula is C66H42. The quantitative estimate of drug-likeness (QED) is 0.140. The highest BCUT2D eigenvalue weighted by molar-refractivity contribution is 6.31. The highest BCUT2D eigenvalue weighted by atomic mass is 14.3. The molecule has 0 nitrogen and oxygen atoms in total. The predicted octanol–water partition coefficient (Wildman–Crippen LogP) is 18.6. The van der Waals surface area contributed by atoms with E-state index in [1.807, 2.05) is 0 Å². The standard InChI is InChI=1S/C66H42/c1-5-17-43(18-6-1)48-31-33-52(45-21-9-3-10-22-45)60(39-48)56-35-29-47-30-36-58-63(61-40-49(44-19-7-2-8-20-44)32-34-53(61)46-23-11-4-12-24-46)42-64(59-38-37-57(56)65(47)66(58)59)62-41-50-25-13-14-26-51(50)54-27-15-16-28-55(54)62/h1-42H. The Bertz CT molecular complexity index is 3940. The number of hydrogen-bond acceptors (Lipinski definition) is 0. The van der Waals surface area contributed by atoms with Crippen molar-refractivity contribution in [3.8, 4) is 77.9 Å². The molecule has 0 bridgehead atoms. The molecule has 0 spiro atoms. The van der Waals surface area contributed by atoms with E-state index in [-0.39, 0.29) is 0 Å². The van der Waals surface area contributed by atoms with Crippen LogP contribution in [0.3, 0.4) is 0 Å². The van der Waals surface area contributed by atoms with Crippen LogP contribution in [0, 0.1) is 0 Å². The van der Waals surface area contributed by atoms with E-state index in [4.69, 9.17) is 0 Å². The Morgan fingerprint density at radius 3 is 1.15 bits per heavy atom. The van der Waals surface area contributed by atoms with Gasteiger partial charge >= 0.3 is 0 Å². The van der Waals surface area contributed by atoms with Crippen molar-refractivity contribution in [2.75, 3.05) is 0 Å². The third-order valence-electron chi connectivity index (χ3n) is 13.8. The Morgan fingerprint density at radius 1 is 0.152 bits per heavy atom. The number of fused-ring (bicyclic) bond motifs is 3. The van der Waals surface area contributed by atoms with Crippen molar-refractivity contribution in [2.24, 2.45) is 0 Å². The van der Waals surface area contributed by atoms with Gasteiger partial charge in [-0.3, -0.25) is 0 Å². The fourth-order valence-corrected chi connectivity index (χ4v) is 10.7. The van der Waals surface area contributed by atoms with Gasteiger partial charge in [-0.25, -0.2) is 0 Å².